The highest BCUT2D eigenvalue weighted by atomic mass is 16.5. The van der Waals surface area contributed by atoms with Gasteiger partial charge in [0, 0.05) is 6.08 Å². The zero-order chi connectivity index (χ0) is 11.4. The number of esters is 1. The molecule has 0 aromatic carbocycles. The molecule has 0 aliphatic carbocycles. The van der Waals surface area contributed by atoms with Crippen LogP contribution in [0.2, 0.25) is 0 Å². The maximum absolute atomic E-state index is 10.7. The summed E-state index contributed by atoms with van der Waals surface area (Å²) in [6.45, 7) is 2.23. The Morgan fingerprint density at radius 3 is 2.27 bits per heavy atom. The predicted molar refractivity (Wildman–Crippen MR) is 63.8 cm³/mol. The molecule has 0 rings (SSSR count). The van der Waals surface area contributed by atoms with Gasteiger partial charge in [-0.2, -0.15) is 0 Å². The average molecular weight is 212 g/mol. The number of ether oxygens (including phenoxy) is 1. The van der Waals surface area contributed by atoms with Crippen molar-refractivity contribution < 1.29 is 9.53 Å². The van der Waals surface area contributed by atoms with Crippen LogP contribution in [0.1, 0.15) is 58.3 Å². The van der Waals surface area contributed by atoms with E-state index >= 15 is 0 Å². The molecule has 0 aliphatic rings. The standard InChI is InChI=1S/C13H24O2/c1-3-4-5-6-7-8-9-10-11-12-13(14)15-2/h11-12H,3-10H2,1-2H3. The lowest BCUT2D eigenvalue weighted by atomic mass is 10.1. The number of hydrogen-bond acceptors (Lipinski definition) is 2. The van der Waals surface area contributed by atoms with Crippen LogP contribution in [-0.2, 0) is 9.53 Å². The summed E-state index contributed by atoms with van der Waals surface area (Å²) < 4.78 is 4.50. The highest BCUT2D eigenvalue weighted by molar-refractivity contribution is 5.81. The van der Waals surface area contributed by atoms with Gasteiger partial charge in [-0.25, -0.2) is 4.79 Å². The van der Waals surface area contributed by atoms with Gasteiger partial charge in [0.15, 0.2) is 0 Å². The number of allylic oxidation sites excluding steroid dienone is 1. The van der Waals surface area contributed by atoms with Crippen LogP contribution in [0.15, 0.2) is 12.2 Å². The molecule has 0 saturated heterocycles. The minimum Gasteiger partial charge on any atom is -0.466 e. The van der Waals surface area contributed by atoms with E-state index in [0.29, 0.717) is 0 Å². The minimum absolute atomic E-state index is 0.252. The molecule has 0 radical (unpaired) electrons. The van der Waals surface area contributed by atoms with Gasteiger partial charge >= 0.3 is 5.97 Å². The maximum Gasteiger partial charge on any atom is 0.330 e. The lowest BCUT2D eigenvalue weighted by Gasteiger charge is -1.98. The molecule has 0 amide bonds. The van der Waals surface area contributed by atoms with E-state index in [0.717, 1.165) is 6.42 Å². The molecule has 88 valence electrons. The Hall–Kier alpha value is -0.790. The first kappa shape index (κ1) is 14.2. The number of carbonyl (C=O) groups is 1. The largest absolute Gasteiger partial charge is 0.466 e. The van der Waals surface area contributed by atoms with E-state index in [-0.39, 0.29) is 5.97 Å². The van der Waals surface area contributed by atoms with E-state index in [9.17, 15) is 4.79 Å². The van der Waals surface area contributed by atoms with Crippen molar-refractivity contribution in [3.05, 3.63) is 12.2 Å². The molecule has 0 aromatic heterocycles. The van der Waals surface area contributed by atoms with E-state index in [1.807, 2.05) is 6.08 Å². The fourth-order valence-corrected chi connectivity index (χ4v) is 1.47. The van der Waals surface area contributed by atoms with Gasteiger partial charge in [0.05, 0.1) is 7.11 Å². The maximum atomic E-state index is 10.7. The molecule has 0 aliphatic heterocycles. The molecule has 0 heterocycles. The van der Waals surface area contributed by atoms with Crippen LogP contribution in [0.5, 0.6) is 0 Å². The average Bonchev–Trinajstić information content (AvgIpc) is 2.26. The fraction of sp³-hybridized carbons (Fsp3) is 0.769. The number of rotatable bonds is 9. The van der Waals surface area contributed by atoms with Gasteiger partial charge < -0.3 is 4.74 Å². The summed E-state index contributed by atoms with van der Waals surface area (Å²) in [7, 11) is 1.40. The molecule has 15 heavy (non-hydrogen) atoms. The summed E-state index contributed by atoms with van der Waals surface area (Å²) in [5.74, 6) is -0.252. The third-order valence-corrected chi connectivity index (χ3v) is 2.43. The van der Waals surface area contributed by atoms with Crippen molar-refractivity contribution in [1.82, 2.24) is 0 Å². The number of unbranched alkanes of at least 4 members (excludes halogenated alkanes) is 7. The van der Waals surface area contributed by atoms with Gasteiger partial charge in [-0.1, -0.05) is 51.5 Å². The van der Waals surface area contributed by atoms with Crippen molar-refractivity contribution in [2.45, 2.75) is 58.3 Å². The number of carbonyl (C=O) groups excluding carboxylic acids is 1. The van der Waals surface area contributed by atoms with Gasteiger partial charge in [-0.3, -0.25) is 0 Å². The minimum atomic E-state index is -0.252. The molecule has 0 spiro atoms. The summed E-state index contributed by atoms with van der Waals surface area (Å²) in [5.41, 5.74) is 0. The van der Waals surface area contributed by atoms with Crippen LogP contribution < -0.4 is 0 Å². The van der Waals surface area contributed by atoms with Crippen LogP contribution in [0.4, 0.5) is 0 Å². The highest BCUT2D eigenvalue weighted by Crippen LogP contribution is 2.08. The molecular formula is C13H24O2. The molecule has 2 heteroatoms. The molecule has 0 atom stereocenters. The molecular weight excluding hydrogens is 188 g/mol. The SMILES string of the molecule is CCCCCCCCCC=CC(=O)OC. The van der Waals surface area contributed by atoms with Gasteiger partial charge in [-0.05, 0) is 12.8 Å². The van der Waals surface area contributed by atoms with Crippen LogP contribution in [-0.4, -0.2) is 13.1 Å². The van der Waals surface area contributed by atoms with E-state index in [1.54, 1.807) is 0 Å². The Kier molecular flexibility index (Phi) is 10.7. The fourth-order valence-electron chi connectivity index (χ4n) is 1.47. The van der Waals surface area contributed by atoms with Crippen molar-refractivity contribution in [1.29, 1.82) is 0 Å². The van der Waals surface area contributed by atoms with Crippen molar-refractivity contribution >= 4 is 5.97 Å². The smallest absolute Gasteiger partial charge is 0.330 e. The van der Waals surface area contributed by atoms with Gasteiger partial charge in [0.2, 0.25) is 0 Å². The lowest BCUT2D eigenvalue weighted by molar-refractivity contribution is -0.134. The Bertz CT molecular complexity index is 173. The van der Waals surface area contributed by atoms with E-state index in [2.05, 4.69) is 11.7 Å². The predicted octanol–water partition coefficient (Wildman–Crippen LogP) is 3.86. The third-order valence-electron chi connectivity index (χ3n) is 2.43. The van der Waals surface area contributed by atoms with Crippen LogP contribution in [0.25, 0.3) is 0 Å². The topological polar surface area (TPSA) is 26.3 Å². The van der Waals surface area contributed by atoms with Gasteiger partial charge in [0.25, 0.3) is 0 Å². The summed E-state index contributed by atoms with van der Waals surface area (Å²) >= 11 is 0. The quantitative estimate of drug-likeness (QED) is 0.329. The Morgan fingerprint density at radius 2 is 1.67 bits per heavy atom. The molecule has 0 fully saturated rings. The third kappa shape index (κ3) is 11.1. The summed E-state index contributed by atoms with van der Waals surface area (Å²) in [5, 5.41) is 0. The zero-order valence-electron chi connectivity index (χ0n) is 10.1. The van der Waals surface area contributed by atoms with Gasteiger partial charge in [0.1, 0.15) is 0 Å². The number of methoxy groups -OCH3 is 1. The van der Waals surface area contributed by atoms with Crippen LogP contribution in [0, 0.1) is 0 Å². The summed E-state index contributed by atoms with van der Waals surface area (Å²) in [6.07, 6.45) is 13.6. The van der Waals surface area contributed by atoms with Gasteiger partial charge in [-0.15, -0.1) is 0 Å². The van der Waals surface area contributed by atoms with Crippen LogP contribution >= 0.6 is 0 Å². The van der Waals surface area contributed by atoms with Crippen molar-refractivity contribution in [3.8, 4) is 0 Å². The molecule has 0 N–H and O–H groups in total. The molecule has 0 aromatic rings. The van der Waals surface area contributed by atoms with E-state index in [1.165, 1.54) is 58.1 Å². The first-order valence-corrected chi connectivity index (χ1v) is 6.05. The Labute approximate surface area is 93.7 Å². The summed E-state index contributed by atoms with van der Waals surface area (Å²) in [4.78, 5) is 10.7. The van der Waals surface area contributed by atoms with Crippen molar-refractivity contribution in [3.63, 3.8) is 0 Å². The summed E-state index contributed by atoms with van der Waals surface area (Å²) in [6, 6.07) is 0. The highest BCUT2D eigenvalue weighted by Gasteiger charge is 1.91. The normalized spacial score (nSPS) is 10.8. The Balaban J connectivity index is 3.11. The second-order valence-electron chi connectivity index (χ2n) is 3.84. The molecule has 0 bridgehead atoms. The first-order valence-electron chi connectivity index (χ1n) is 6.05. The first-order chi connectivity index (χ1) is 7.31. The Morgan fingerprint density at radius 1 is 1.07 bits per heavy atom. The lowest BCUT2D eigenvalue weighted by Crippen LogP contribution is -1.93. The molecule has 0 saturated carbocycles. The van der Waals surface area contributed by atoms with E-state index < -0.39 is 0 Å². The monoisotopic (exact) mass is 212 g/mol. The van der Waals surface area contributed by atoms with Crippen LogP contribution in [0.3, 0.4) is 0 Å². The number of hydrogen-bond donors (Lipinski definition) is 0. The van der Waals surface area contributed by atoms with Crippen molar-refractivity contribution in [2.24, 2.45) is 0 Å². The van der Waals surface area contributed by atoms with Crippen molar-refractivity contribution in [2.75, 3.05) is 7.11 Å². The zero-order valence-corrected chi connectivity index (χ0v) is 10.1. The van der Waals surface area contributed by atoms with E-state index in [4.69, 9.17) is 0 Å². The second-order valence-corrected chi connectivity index (χ2v) is 3.84. The molecule has 2 nitrogen and oxygen atoms in total. The second kappa shape index (κ2) is 11.3. The molecule has 0 unspecified atom stereocenters.